The van der Waals surface area contributed by atoms with Gasteiger partial charge in [0.15, 0.2) is 0 Å². The first-order valence-electron chi connectivity index (χ1n) is 8.39. The highest BCUT2D eigenvalue weighted by atomic mass is 35.5. The van der Waals surface area contributed by atoms with Crippen molar-refractivity contribution in [1.29, 1.82) is 0 Å². The highest BCUT2D eigenvalue weighted by Crippen LogP contribution is 2.26. The fourth-order valence-electron chi connectivity index (χ4n) is 3.10. The molecule has 25 heavy (non-hydrogen) atoms. The molecule has 3 rings (SSSR count). The number of hydrogen-bond donors (Lipinski definition) is 1. The molecule has 2 heterocycles. The highest BCUT2D eigenvalue weighted by molar-refractivity contribution is 6.31. The molecule has 0 spiro atoms. The molecule has 1 aromatic carbocycles. The van der Waals surface area contributed by atoms with Gasteiger partial charge >= 0.3 is 0 Å². The van der Waals surface area contributed by atoms with Crippen LogP contribution < -0.4 is 10.2 Å². The van der Waals surface area contributed by atoms with Crippen LogP contribution in [0.3, 0.4) is 0 Å². The van der Waals surface area contributed by atoms with Crippen LogP contribution in [-0.2, 0) is 22.7 Å². The van der Waals surface area contributed by atoms with Gasteiger partial charge in [-0.3, -0.25) is 14.5 Å². The van der Waals surface area contributed by atoms with Crippen LogP contribution in [0.4, 0.5) is 5.82 Å². The zero-order valence-corrected chi connectivity index (χ0v) is 15.1. The molecule has 1 aliphatic rings. The molecule has 0 bridgehead atoms. The average molecular weight is 361 g/mol. The summed E-state index contributed by atoms with van der Waals surface area (Å²) in [5.74, 6) is 0.448. The molecule has 2 amide bonds. The molecule has 2 aromatic rings. The third kappa shape index (κ3) is 3.54. The van der Waals surface area contributed by atoms with Gasteiger partial charge in [-0.05, 0) is 25.0 Å². The van der Waals surface area contributed by atoms with Crippen molar-refractivity contribution in [3.8, 4) is 0 Å². The smallest absolute Gasteiger partial charge is 0.243 e. The van der Waals surface area contributed by atoms with Gasteiger partial charge in [-0.15, -0.1) is 0 Å². The van der Waals surface area contributed by atoms with Crippen molar-refractivity contribution in [1.82, 2.24) is 15.1 Å². The number of nitrogens with zero attached hydrogens (tertiary/aromatic N) is 3. The third-order valence-corrected chi connectivity index (χ3v) is 4.71. The first kappa shape index (κ1) is 17.5. The minimum atomic E-state index is -0.565. The average Bonchev–Trinajstić information content (AvgIpc) is 2.97. The van der Waals surface area contributed by atoms with Crippen molar-refractivity contribution in [2.45, 2.75) is 45.8 Å². The van der Waals surface area contributed by atoms with Crippen molar-refractivity contribution in [2.24, 2.45) is 0 Å². The molecule has 0 aliphatic carbocycles. The topological polar surface area (TPSA) is 67.2 Å². The molecular weight excluding hydrogens is 340 g/mol. The van der Waals surface area contributed by atoms with Gasteiger partial charge in [0.1, 0.15) is 11.9 Å². The summed E-state index contributed by atoms with van der Waals surface area (Å²) in [6, 6.07) is 8.66. The van der Waals surface area contributed by atoms with E-state index in [0.29, 0.717) is 36.8 Å². The third-order valence-electron chi connectivity index (χ3n) is 4.35. The zero-order valence-electron chi connectivity index (χ0n) is 14.3. The monoisotopic (exact) mass is 360 g/mol. The molecule has 1 N–H and O–H groups in total. The molecule has 0 fully saturated rings. The van der Waals surface area contributed by atoms with Crippen LogP contribution in [0.5, 0.6) is 0 Å². The molecule has 1 aliphatic heterocycles. The normalized spacial score (nSPS) is 15.0. The number of rotatable bonds is 5. The fourth-order valence-corrected chi connectivity index (χ4v) is 3.30. The van der Waals surface area contributed by atoms with Gasteiger partial charge in [0, 0.05) is 24.1 Å². The Kier molecular flexibility index (Phi) is 5.08. The predicted octanol–water partition coefficient (Wildman–Crippen LogP) is 2.68. The van der Waals surface area contributed by atoms with E-state index in [2.05, 4.69) is 10.4 Å². The minimum absolute atomic E-state index is 0.0489. The Morgan fingerprint density at radius 3 is 2.88 bits per heavy atom. The lowest BCUT2D eigenvalue weighted by Gasteiger charge is -2.33. The second kappa shape index (κ2) is 7.27. The number of benzene rings is 1. The van der Waals surface area contributed by atoms with Crippen molar-refractivity contribution < 1.29 is 9.59 Å². The van der Waals surface area contributed by atoms with Gasteiger partial charge in [0.05, 0.1) is 12.2 Å². The summed E-state index contributed by atoms with van der Waals surface area (Å²) < 4.78 is 1.79. The lowest BCUT2D eigenvalue weighted by molar-refractivity contribution is -0.127. The molecule has 1 atom stereocenters. The standard InChI is InChI=1S/C18H21ClN4O2/c1-3-15(18(25)20-11-13-6-4-5-7-14(13)19)23-16-10-12(2)21-22(16)9-8-17(23)24/h4-7,10,15H,3,8-9,11H2,1-2H3,(H,20,25). The van der Waals surface area contributed by atoms with Crippen LogP contribution in [0, 0.1) is 6.92 Å². The molecule has 0 radical (unpaired) electrons. The quantitative estimate of drug-likeness (QED) is 0.891. The van der Waals surface area contributed by atoms with E-state index in [1.807, 2.05) is 38.1 Å². The molecule has 0 saturated heterocycles. The molecule has 1 unspecified atom stereocenters. The van der Waals surface area contributed by atoms with Crippen LogP contribution >= 0.6 is 11.6 Å². The van der Waals surface area contributed by atoms with Crippen molar-refractivity contribution in [3.05, 3.63) is 46.6 Å². The maximum atomic E-state index is 12.7. The summed E-state index contributed by atoms with van der Waals surface area (Å²) in [5.41, 5.74) is 1.68. The molecule has 132 valence electrons. The van der Waals surface area contributed by atoms with E-state index in [1.54, 1.807) is 15.6 Å². The van der Waals surface area contributed by atoms with E-state index in [0.717, 1.165) is 11.3 Å². The van der Waals surface area contributed by atoms with Crippen LogP contribution in [0.15, 0.2) is 30.3 Å². The summed E-state index contributed by atoms with van der Waals surface area (Å²) in [6.45, 7) is 4.66. The Labute approximate surface area is 151 Å². The predicted molar refractivity (Wildman–Crippen MR) is 96.4 cm³/mol. The molecule has 7 heteroatoms. The summed E-state index contributed by atoms with van der Waals surface area (Å²) in [7, 11) is 0. The Morgan fingerprint density at radius 2 is 2.16 bits per heavy atom. The number of amides is 2. The van der Waals surface area contributed by atoms with Crippen molar-refractivity contribution >= 4 is 29.2 Å². The Bertz CT molecular complexity index is 802. The lowest BCUT2D eigenvalue weighted by Crippen LogP contribution is -2.52. The Hall–Kier alpha value is -2.34. The second-order valence-electron chi connectivity index (χ2n) is 6.11. The van der Waals surface area contributed by atoms with E-state index in [-0.39, 0.29) is 11.8 Å². The first-order chi connectivity index (χ1) is 12.0. The zero-order chi connectivity index (χ0) is 18.0. The molecule has 6 nitrogen and oxygen atoms in total. The van der Waals surface area contributed by atoms with Gasteiger partial charge in [-0.25, -0.2) is 4.68 Å². The van der Waals surface area contributed by atoms with Gasteiger partial charge < -0.3 is 5.32 Å². The van der Waals surface area contributed by atoms with E-state index < -0.39 is 6.04 Å². The van der Waals surface area contributed by atoms with E-state index in [1.165, 1.54) is 0 Å². The molecule has 0 saturated carbocycles. The Morgan fingerprint density at radius 1 is 1.40 bits per heavy atom. The number of hydrogen-bond acceptors (Lipinski definition) is 3. The van der Waals surface area contributed by atoms with E-state index >= 15 is 0 Å². The first-order valence-corrected chi connectivity index (χ1v) is 8.76. The van der Waals surface area contributed by atoms with Crippen molar-refractivity contribution in [3.63, 3.8) is 0 Å². The van der Waals surface area contributed by atoms with Gasteiger partial charge in [-0.2, -0.15) is 5.10 Å². The number of fused-ring (bicyclic) bond motifs is 1. The molecule has 1 aromatic heterocycles. The second-order valence-corrected chi connectivity index (χ2v) is 6.52. The summed E-state index contributed by atoms with van der Waals surface area (Å²) >= 11 is 6.14. The summed E-state index contributed by atoms with van der Waals surface area (Å²) in [5, 5.41) is 7.90. The highest BCUT2D eigenvalue weighted by Gasteiger charge is 2.34. The van der Waals surface area contributed by atoms with Gasteiger partial charge in [-0.1, -0.05) is 36.7 Å². The summed E-state index contributed by atoms with van der Waals surface area (Å²) in [6.07, 6.45) is 0.868. The number of nitrogens with one attached hydrogen (secondary N) is 1. The number of aromatic nitrogens is 2. The van der Waals surface area contributed by atoms with Gasteiger partial charge in [0.25, 0.3) is 0 Å². The summed E-state index contributed by atoms with van der Waals surface area (Å²) in [4.78, 5) is 26.8. The molecular formula is C18H21ClN4O2. The fraction of sp³-hybridized carbons (Fsp3) is 0.389. The Balaban J connectivity index is 1.78. The van der Waals surface area contributed by atoms with E-state index in [4.69, 9.17) is 11.6 Å². The largest absolute Gasteiger partial charge is 0.350 e. The minimum Gasteiger partial charge on any atom is -0.350 e. The van der Waals surface area contributed by atoms with Crippen LogP contribution in [0.2, 0.25) is 5.02 Å². The number of carbonyl (C=O) groups is 2. The maximum absolute atomic E-state index is 12.7. The number of halogens is 1. The van der Waals surface area contributed by atoms with Crippen LogP contribution in [-0.4, -0.2) is 27.6 Å². The lowest BCUT2D eigenvalue weighted by atomic mass is 10.1. The van der Waals surface area contributed by atoms with E-state index in [9.17, 15) is 9.59 Å². The number of carbonyl (C=O) groups excluding carboxylic acids is 2. The maximum Gasteiger partial charge on any atom is 0.243 e. The van der Waals surface area contributed by atoms with Crippen LogP contribution in [0.1, 0.15) is 31.0 Å². The van der Waals surface area contributed by atoms with Gasteiger partial charge in [0.2, 0.25) is 11.8 Å². The SMILES string of the molecule is CCC(C(=O)NCc1ccccc1Cl)N1C(=O)CCn2nc(C)cc21. The number of aryl methyl sites for hydroxylation is 2. The van der Waals surface area contributed by atoms with Crippen molar-refractivity contribution in [2.75, 3.05) is 4.90 Å². The number of anilines is 1. The van der Waals surface area contributed by atoms with Crippen LogP contribution in [0.25, 0.3) is 0 Å².